The number of carbonyl (C=O) groups is 1. The highest BCUT2D eigenvalue weighted by Crippen LogP contribution is 2.11. The molecule has 0 aromatic heterocycles. The minimum absolute atomic E-state index is 0.0890. The van der Waals surface area contributed by atoms with Gasteiger partial charge in [0.15, 0.2) is 5.78 Å². The number of Topliss-reactive ketones (excluding diaryl/α,β-unsaturated/α-hetero) is 1. The molecule has 22 heavy (non-hydrogen) atoms. The zero-order valence-corrected chi connectivity index (χ0v) is 14.7. The predicted octanol–water partition coefficient (Wildman–Crippen LogP) is 5.90. The molecule has 0 amide bonds. The van der Waals surface area contributed by atoms with Crippen molar-refractivity contribution in [2.45, 2.75) is 84.5 Å². The van der Waals surface area contributed by atoms with Crippen molar-refractivity contribution in [3.63, 3.8) is 0 Å². The Labute approximate surface area is 136 Å². The Balaban J connectivity index is 3.41. The average molecular weight is 310 g/mol. The Kier molecular flexibility index (Phi) is 15.5. The van der Waals surface area contributed by atoms with Gasteiger partial charge in [-0.05, 0) is 38.2 Å². The summed E-state index contributed by atoms with van der Waals surface area (Å²) in [5.41, 5.74) is 0. The van der Waals surface area contributed by atoms with Gasteiger partial charge in [-0.15, -0.1) is 0 Å². The smallest absolute Gasteiger partial charge is 0.203 e. The summed E-state index contributed by atoms with van der Waals surface area (Å²) in [4.78, 5) is 20.6. The van der Waals surface area contributed by atoms with Crippen LogP contribution in [-0.2, 0) is 14.6 Å². The van der Waals surface area contributed by atoms with Crippen LogP contribution < -0.4 is 0 Å². The van der Waals surface area contributed by atoms with Crippen LogP contribution in [0.25, 0.3) is 0 Å². The van der Waals surface area contributed by atoms with E-state index in [1.54, 1.807) is 0 Å². The number of ketones is 1. The molecule has 0 heterocycles. The molecule has 0 aromatic rings. The minimum atomic E-state index is -0.0890. The average Bonchev–Trinajstić information content (AvgIpc) is 2.50. The second-order valence-electron chi connectivity index (χ2n) is 5.69. The van der Waals surface area contributed by atoms with E-state index in [1.807, 2.05) is 6.08 Å². The summed E-state index contributed by atoms with van der Waals surface area (Å²) >= 11 is 0. The molecule has 0 bridgehead atoms. The SMILES string of the molecule is CCCC/C=C\CCCCCCCC/C=C(\OOC)C(C)=O. The predicted molar refractivity (Wildman–Crippen MR) is 92.5 cm³/mol. The zero-order chi connectivity index (χ0) is 16.5. The summed E-state index contributed by atoms with van der Waals surface area (Å²) in [6.45, 7) is 3.72. The third-order valence-corrected chi connectivity index (χ3v) is 3.57. The highest BCUT2D eigenvalue weighted by atomic mass is 17.2. The van der Waals surface area contributed by atoms with Crippen LogP contribution in [0.2, 0.25) is 0 Å². The number of carbonyl (C=O) groups excluding carboxylic acids is 1. The van der Waals surface area contributed by atoms with Crippen LogP contribution in [0, 0.1) is 0 Å². The molecule has 0 unspecified atom stereocenters. The van der Waals surface area contributed by atoms with Crippen LogP contribution in [-0.4, -0.2) is 12.9 Å². The van der Waals surface area contributed by atoms with Gasteiger partial charge in [0.2, 0.25) is 5.76 Å². The minimum Gasteiger partial charge on any atom is -0.334 e. The first-order valence-corrected chi connectivity index (χ1v) is 8.79. The zero-order valence-electron chi connectivity index (χ0n) is 14.7. The highest BCUT2D eigenvalue weighted by molar-refractivity contribution is 5.90. The summed E-state index contributed by atoms with van der Waals surface area (Å²) in [5, 5.41) is 0. The Bertz CT molecular complexity index is 319. The molecule has 0 aliphatic carbocycles. The van der Waals surface area contributed by atoms with Crippen molar-refractivity contribution in [2.75, 3.05) is 7.11 Å². The lowest BCUT2D eigenvalue weighted by atomic mass is 10.1. The third-order valence-electron chi connectivity index (χ3n) is 3.57. The number of rotatable bonds is 15. The van der Waals surface area contributed by atoms with Crippen LogP contribution in [0.15, 0.2) is 24.0 Å². The lowest BCUT2D eigenvalue weighted by molar-refractivity contribution is -0.236. The number of hydrogen-bond acceptors (Lipinski definition) is 3. The third kappa shape index (κ3) is 13.9. The second kappa shape index (κ2) is 16.3. The Morgan fingerprint density at radius 1 is 0.864 bits per heavy atom. The van der Waals surface area contributed by atoms with E-state index in [0.29, 0.717) is 5.76 Å². The van der Waals surface area contributed by atoms with Gasteiger partial charge in [-0.3, -0.25) is 4.79 Å². The first kappa shape index (κ1) is 20.9. The molecule has 0 saturated heterocycles. The van der Waals surface area contributed by atoms with E-state index in [1.165, 1.54) is 71.8 Å². The molecule has 128 valence electrons. The van der Waals surface area contributed by atoms with Crippen molar-refractivity contribution in [2.24, 2.45) is 0 Å². The Morgan fingerprint density at radius 3 is 1.95 bits per heavy atom. The van der Waals surface area contributed by atoms with E-state index < -0.39 is 0 Å². The molecule has 0 aromatic carbocycles. The lowest BCUT2D eigenvalue weighted by Crippen LogP contribution is -2.01. The van der Waals surface area contributed by atoms with E-state index in [0.717, 1.165) is 12.8 Å². The van der Waals surface area contributed by atoms with Crippen molar-refractivity contribution >= 4 is 5.78 Å². The van der Waals surface area contributed by atoms with Crippen LogP contribution in [0.5, 0.6) is 0 Å². The van der Waals surface area contributed by atoms with Gasteiger partial charge in [-0.25, -0.2) is 0 Å². The van der Waals surface area contributed by atoms with Gasteiger partial charge in [0.25, 0.3) is 0 Å². The van der Waals surface area contributed by atoms with E-state index in [9.17, 15) is 4.79 Å². The normalized spacial score (nSPS) is 12.0. The molecule has 0 aliphatic rings. The molecule has 0 rings (SSSR count). The molecule has 3 nitrogen and oxygen atoms in total. The molecule has 0 radical (unpaired) electrons. The standard InChI is InChI=1S/C19H34O3/c1-4-5-6-7-8-9-10-11-12-13-14-15-16-17-19(18(2)20)22-21-3/h7-8,17H,4-6,9-16H2,1-3H3/b8-7-,19-17-. The summed E-state index contributed by atoms with van der Waals surface area (Å²) in [6.07, 6.45) is 19.9. The number of allylic oxidation sites excluding steroid dienone is 4. The summed E-state index contributed by atoms with van der Waals surface area (Å²) in [7, 11) is 1.41. The monoisotopic (exact) mass is 310 g/mol. The molecule has 0 N–H and O–H groups in total. The van der Waals surface area contributed by atoms with E-state index in [4.69, 9.17) is 4.89 Å². The van der Waals surface area contributed by atoms with Gasteiger partial charge in [-0.1, -0.05) is 57.6 Å². The van der Waals surface area contributed by atoms with Gasteiger partial charge in [-0.2, -0.15) is 4.89 Å². The topological polar surface area (TPSA) is 35.5 Å². The van der Waals surface area contributed by atoms with Gasteiger partial charge in [0.05, 0.1) is 7.11 Å². The van der Waals surface area contributed by atoms with Gasteiger partial charge < -0.3 is 4.89 Å². The van der Waals surface area contributed by atoms with Crippen molar-refractivity contribution in [1.82, 2.24) is 0 Å². The molecule has 0 fully saturated rings. The largest absolute Gasteiger partial charge is 0.334 e. The van der Waals surface area contributed by atoms with Crippen molar-refractivity contribution < 1.29 is 14.6 Å². The van der Waals surface area contributed by atoms with Crippen molar-refractivity contribution in [3.05, 3.63) is 24.0 Å². The van der Waals surface area contributed by atoms with Gasteiger partial charge in [0, 0.05) is 6.92 Å². The molecule has 0 atom stereocenters. The maximum Gasteiger partial charge on any atom is 0.203 e. The van der Waals surface area contributed by atoms with E-state index in [-0.39, 0.29) is 5.78 Å². The quantitative estimate of drug-likeness (QED) is 0.0942. The maximum absolute atomic E-state index is 11.2. The summed E-state index contributed by atoms with van der Waals surface area (Å²) in [6, 6.07) is 0. The van der Waals surface area contributed by atoms with Crippen LogP contribution in [0.4, 0.5) is 0 Å². The summed E-state index contributed by atoms with van der Waals surface area (Å²) in [5.74, 6) is 0.228. The first-order chi connectivity index (χ1) is 10.7. The number of unbranched alkanes of at least 4 members (excludes halogenated alkanes) is 9. The van der Waals surface area contributed by atoms with Crippen LogP contribution in [0.1, 0.15) is 84.5 Å². The highest BCUT2D eigenvalue weighted by Gasteiger charge is 2.04. The fraction of sp³-hybridized carbons (Fsp3) is 0.737. The first-order valence-electron chi connectivity index (χ1n) is 8.79. The Morgan fingerprint density at radius 2 is 1.41 bits per heavy atom. The van der Waals surface area contributed by atoms with Crippen molar-refractivity contribution in [3.8, 4) is 0 Å². The molecule has 0 aliphatic heterocycles. The maximum atomic E-state index is 11.2. The lowest BCUT2D eigenvalue weighted by Gasteiger charge is -2.03. The fourth-order valence-electron chi connectivity index (χ4n) is 2.23. The number of hydrogen-bond donors (Lipinski definition) is 0. The Hall–Kier alpha value is -1.09. The molecule has 3 heteroatoms. The van der Waals surface area contributed by atoms with Gasteiger partial charge in [0.1, 0.15) is 0 Å². The molecule has 0 spiro atoms. The van der Waals surface area contributed by atoms with Crippen LogP contribution >= 0.6 is 0 Å². The summed E-state index contributed by atoms with van der Waals surface area (Å²) < 4.78 is 0. The molecular formula is C19H34O3. The van der Waals surface area contributed by atoms with Gasteiger partial charge >= 0.3 is 0 Å². The molecular weight excluding hydrogens is 276 g/mol. The fourth-order valence-corrected chi connectivity index (χ4v) is 2.23. The van der Waals surface area contributed by atoms with E-state index in [2.05, 4.69) is 24.0 Å². The van der Waals surface area contributed by atoms with Crippen LogP contribution in [0.3, 0.4) is 0 Å². The molecule has 0 saturated carbocycles. The van der Waals surface area contributed by atoms with Crippen molar-refractivity contribution in [1.29, 1.82) is 0 Å². The second-order valence-corrected chi connectivity index (χ2v) is 5.69. The van der Waals surface area contributed by atoms with E-state index >= 15 is 0 Å².